The van der Waals surface area contributed by atoms with Crippen LogP contribution in [-0.4, -0.2) is 38.5 Å². The van der Waals surface area contributed by atoms with Gasteiger partial charge >= 0.3 is 0 Å². The fourth-order valence-corrected chi connectivity index (χ4v) is 5.03. The number of aromatic nitrogens is 2. The molecular formula is C28H28N4O6S. The number of carbonyl (C=O) groups is 1. The molecule has 2 heterocycles. The van der Waals surface area contributed by atoms with Crippen LogP contribution in [-0.2, 0) is 10.0 Å². The molecule has 10 nitrogen and oxygen atoms in total. The number of hydrogen-bond donors (Lipinski definition) is 2. The van der Waals surface area contributed by atoms with Gasteiger partial charge in [-0.15, -0.1) is 0 Å². The van der Waals surface area contributed by atoms with E-state index < -0.39 is 21.0 Å². The summed E-state index contributed by atoms with van der Waals surface area (Å²) < 4.78 is 44.8. The second-order valence-corrected chi connectivity index (χ2v) is 10.4. The number of ether oxygens (including phenoxy) is 3. The number of nitrogens with zero attached hydrogens (tertiary/aromatic N) is 2. The van der Waals surface area contributed by atoms with E-state index in [9.17, 15) is 13.2 Å². The molecule has 0 fully saturated rings. The van der Waals surface area contributed by atoms with Gasteiger partial charge in [0.25, 0.3) is 15.9 Å². The molecule has 0 aliphatic heterocycles. The maximum atomic E-state index is 13.3. The Hall–Kier alpha value is -4.64. The molecule has 2 aromatic heterocycles. The van der Waals surface area contributed by atoms with E-state index in [2.05, 4.69) is 9.97 Å². The highest BCUT2D eigenvalue weighted by molar-refractivity contribution is 7.90. The Morgan fingerprint density at radius 2 is 1.62 bits per heavy atom. The van der Waals surface area contributed by atoms with Gasteiger partial charge < -0.3 is 19.9 Å². The topological polar surface area (TPSA) is 143 Å². The first-order valence-electron chi connectivity index (χ1n) is 11.8. The van der Waals surface area contributed by atoms with Crippen molar-refractivity contribution in [2.75, 3.05) is 20.0 Å². The minimum absolute atomic E-state index is 0.000809. The van der Waals surface area contributed by atoms with Crippen molar-refractivity contribution < 1.29 is 27.4 Å². The number of nitrogen functional groups attached to an aromatic ring is 1. The standard InChI is InChI=1S/C28H28N4O6S/c1-16-13-17(2)26(18(3)14-16)38-28-21(27(33)32-39(34,35)25-8-6-7-24(29)31-25)11-12-22(30-28)20-10-9-19(36-4)15-23(20)37-5/h6-15H,1-5H3,(H2,29,31)(H,32,33). The lowest BCUT2D eigenvalue weighted by atomic mass is 10.1. The first kappa shape index (κ1) is 27.4. The highest BCUT2D eigenvalue weighted by atomic mass is 32.2. The van der Waals surface area contributed by atoms with Gasteiger partial charge in [0.05, 0.1) is 19.9 Å². The molecule has 0 saturated carbocycles. The van der Waals surface area contributed by atoms with Crippen molar-refractivity contribution in [2.45, 2.75) is 25.8 Å². The molecular weight excluding hydrogens is 520 g/mol. The molecule has 2 aromatic carbocycles. The van der Waals surface area contributed by atoms with E-state index in [0.717, 1.165) is 16.7 Å². The average Bonchev–Trinajstić information content (AvgIpc) is 2.90. The monoisotopic (exact) mass is 548 g/mol. The Morgan fingerprint density at radius 3 is 2.26 bits per heavy atom. The summed E-state index contributed by atoms with van der Waals surface area (Å²) in [6.07, 6.45) is 0. The van der Waals surface area contributed by atoms with E-state index in [1.165, 1.54) is 31.4 Å². The third-order valence-electron chi connectivity index (χ3n) is 5.84. The van der Waals surface area contributed by atoms with Gasteiger partial charge in [-0.1, -0.05) is 23.8 Å². The van der Waals surface area contributed by atoms with Crippen molar-refractivity contribution in [3.8, 4) is 34.4 Å². The smallest absolute Gasteiger partial charge is 0.281 e. The number of sulfonamides is 1. The van der Waals surface area contributed by atoms with Gasteiger partial charge in [0.2, 0.25) is 5.88 Å². The predicted molar refractivity (Wildman–Crippen MR) is 147 cm³/mol. The molecule has 0 unspecified atom stereocenters. The molecule has 0 saturated heterocycles. The zero-order chi connectivity index (χ0) is 28.3. The van der Waals surface area contributed by atoms with Crippen molar-refractivity contribution >= 4 is 21.7 Å². The maximum absolute atomic E-state index is 13.3. The van der Waals surface area contributed by atoms with Gasteiger partial charge in [0, 0.05) is 11.6 Å². The van der Waals surface area contributed by atoms with Gasteiger partial charge in [-0.25, -0.2) is 14.7 Å². The summed E-state index contributed by atoms with van der Waals surface area (Å²) in [4.78, 5) is 21.7. The number of aryl methyl sites for hydroxylation is 3. The summed E-state index contributed by atoms with van der Waals surface area (Å²) in [7, 11) is -1.26. The third kappa shape index (κ3) is 5.93. The number of carbonyl (C=O) groups excluding carboxylic acids is 1. The number of rotatable bonds is 8. The number of nitrogens with one attached hydrogen (secondary N) is 1. The summed E-state index contributed by atoms with van der Waals surface area (Å²) in [5.74, 6) is 0.545. The molecule has 4 rings (SSSR count). The van der Waals surface area contributed by atoms with Gasteiger partial charge in [-0.05, 0) is 68.3 Å². The van der Waals surface area contributed by atoms with E-state index >= 15 is 0 Å². The first-order valence-corrected chi connectivity index (χ1v) is 13.3. The molecule has 0 aliphatic carbocycles. The molecule has 3 N–H and O–H groups in total. The number of methoxy groups -OCH3 is 2. The maximum Gasteiger partial charge on any atom is 0.281 e. The largest absolute Gasteiger partial charge is 0.497 e. The molecule has 202 valence electrons. The molecule has 0 aliphatic rings. The Bertz CT molecular complexity index is 1650. The highest BCUT2D eigenvalue weighted by Crippen LogP contribution is 2.36. The molecule has 39 heavy (non-hydrogen) atoms. The summed E-state index contributed by atoms with van der Waals surface area (Å²) in [6.45, 7) is 5.72. The number of hydrogen-bond acceptors (Lipinski definition) is 9. The highest BCUT2D eigenvalue weighted by Gasteiger charge is 2.25. The van der Waals surface area contributed by atoms with Crippen molar-refractivity contribution in [1.29, 1.82) is 0 Å². The summed E-state index contributed by atoms with van der Waals surface area (Å²) in [6, 6.07) is 16.2. The molecule has 0 spiro atoms. The van der Waals surface area contributed by atoms with E-state index in [-0.39, 0.29) is 17.3 Å². The Labute approximate surface area is 226 Å². The SMILES string of the molecule is COc1ccc(-c2ccc(C(=O)NS(=O)(=O)c3cccc(N)n3)c(Oc3c(C)cc(C)cc3C)n2)c(OC)c1. The van der Waals surface area contributed by atoms with Gasteiger partial charge in [0.15, 0.2) is 5.03 Å². The normalized spacial score (nSPS) is 11.1. The number of anilines is 1. The van der Waals surface area contributed by atoms with Crippen LogP contribution in [0.5, 0.6) is 23.1 Å². The minimum Gasteiger partial charge on any atom is -0.497 e. The second kappa shape index (κ2) is 11.0. The van der Waals surface area contributed by atoms with Crippen LogP contribution in [0.25, 0.3) is 11.3 Å². The van der Waals surface area contributed by atoms with E-state index in [1.807, 2.05) is 37.6 Å². The molecule has 11 heteroatoms. The quantitative estimate of drug-likeness (QED) is 0.323. The lowest BCUT2D eigenvalue weighted by Gasteiger charge is -2.17. The van der Waals surface area contributed by atoms with E-state index in [1.54, 1.807) is 31.4 Å². The molecule has 0 radical (unpaired) electrons. The van der Waals surface area contributed by atoms with E-state index in [0.29, 0.717) is 28.5 Å². The zero-order valence-corrected chi connectivity index (χ0v) is 22.9. The number of benzene rings is 2. The van der Waals surface area contributed by atoms with Crippen LogP contribution in [0, 0.1) is 20.8 Å². The average molecular weight is 549 g/mol. The van der Waals surface area contributed by atoms with Crippen molar-refractivity contribution in [1.82, 2.24) is 14.7 Å². The Balaban J connectivity index is 1.81. The second-order valence-electron chi connectivity index (χ2n) is 8.78. The van der Waals surface area contributed by atoms with Crippen molar-refractivity contribution in [3.05, 3.63) is 82.9 Å². The summed E-state index contributed by atoms with van der Waals surface area (Å²) in [5, 5.41) is -0.393. The van der Waals surface area contributed by atoms with Crippen LogP contribution < -0.4 is 24.7 Å². The van der Waals surface area contributed by atoms with Gasteiger partial charge in [-0.2, -0.15) is 8.42 Å². The van der Waals surface area contributed by atoms with Crippen LogP contribution in [0.4, 0.5) is 5.82 Å². The molecule has 0 bridgehead atoms. The lowest BCUT2D eigenvalue weighted by Crippen LogP contribution is -2.31. The van der Waals surface area contributed by atoms with Crippen LogP contribution in [0.15, 0.2) is 65.7 Å². The Morgan fingerprint density at radius 1 is 0.897 bits per heavy atom. The van der Waals surface area contributed by atoms with Crippen molar-refractivity contribution in [3.63, 3.8) is 0 Å². The van der Waals surface area contributed by atoms with Crippen molar-refractivity contribution in [2.24, 2.45) is 0 Å². The summed E-state index contributed by atoms with van der Waals surface area (Å²) in [5.41, 5.74) is 9.26. The molecule has 0 atom stereocenters. The lowest BCUT2D eigenvalue weighted by molar-refractivity contribution is 0.0978. The van der Waals surface area contributed by atoms with Crippen LogP contribution in [0.2, 0.25) is 0 Å². The zero-order valence-electron chi connectivity index (χ0n) is 22.1. The fraction of sp³-hybridized carbons (Fsp3) is 0.179. The summed E-state index contributed by atoms with van der Waals surface area (Å²) >= 11 is 0. The minimum atomic E-state index is -4.33. The fourth-order valence-electron chi connectivity index (χ4n) is 4.09. The predicted octanol–water partition coefficient (Wildman–Crippen LogP) is 4.58. The first-order chi connectivity index (χ1) is 18.5. The third-order valence-corrected chi connectivity index (χ3v) is 7.07. The van der Waals surface area contributed by atoms with Crippen LogP contribution in [0.1, 0.15) is 27.0 Å². The van der Waals surface area contributed by atoms with Gasteiger partial charge in [-0.3, -0.25) is 4.79 Å². The number of pyridine rings is 2. The number of nitrogens with two attached hydrogens (primary N) is 1. The van der Waals surface area contributed by atoms with E-state index in [4.69, 9.17) is 19.9 Å². The van der Waals surface area contributed by atoms with Crippen LogP contribution in [0.3, 0.4) is 0 Å². The molecule has 4 aromatic rings. The Kier molecular flexibility index (Phi) is 7.73. The van der Waals surface area contributed by atoms with Gasteiger partial charge in [0.1, 0.15) is 28.6 Å². The molecule has 1 amide bonds. The van der Waals surface area contributed by atoms with Crippen LogP contribution >= 0.6 is 0 Å². The number of amides is 1.